The molecule has 0 bridgehead atoms. The Kier molecular flexibility index (Phi) is 0.918. The molecule has 0 unspecified atom stereocenters. The summed E-state index contributed by atoms with van der Waals surface area (Å²) in [5.41, 5.74) is 1.04. The molecule has 0 saturated heterocycles. The Hall–Kier alpha value is -1.05. The van der Waals surface area contributed by atoms with E-state index in [0.717, 1.165) is 17.9 Å². The fourth-order valence-corrected chi connectivity index (χ4v) is 0.894. The summed E-state index contributed by atoms with van der Waals surface area (Å²) in [4.78, 5) is 4.10. The Labute approximate surface area is 53.5 Å². The smallest absolute Gasteiger partial charge is 0.142 e. The van der Waals surface area contributed by atoms with Crippen molar-refractivity contribution >= 4 is 0 Å². The Bertz CT molecular complexity index is 199. The summed E-state index contributed by atoms with van der Waals surface area (Å²) in [7, 11) is 0. The minimum absolute atomic E-state index is 0.843. The SMILES string of the molecule is [CH]1Cc2ncccc2O1. The van der Waals surface area contributed by atoms with Crippen LogP contribution in [0.15, 0.2) is 18.3 Å². The van der Waals surface area contributed by atoms with Crippen LogP contribution < -0.4 is 4.74 Å². The van der Waals surface area contributed by atoms with Crippen molar-refractivity contribution in [2.75, 3.05) is 0 Å². The largest absolute Gasteiger partial charge is 0.484 e. The molecule has 2 heteroatoms. The Morgan fingerprint density at radius 3 is 3.44 bits per heavy atom. The average molecular weight is 120 g/mol. The second-order valence-electron chi connectivity index (χ2n) is 1.94. The molecule has 45 valence electrons. The normalized spacial score (nSPS) is 14.7. The molecule has 0 spiro atoms. The molecule has 0 aliphatic carbocycles. The molecule has 2 rings (SSSR count). The van der Waals surface area contributed by atoms with Crippen LogP contribution in [0.4, 0.5) is 0 Å². The number of fused-ring (bicyclic) bond motifs is 1. The highest BCUT2D eigenvalue weighted by Crippen LogP contribution is 2.23. The summed E-state index contributed by atoms with van der Waals surface area (Å²) in [5, 5.41) is 0. The maximum Gasteiger partial charge on any atom is 0.142 e. The molecule has 2 heterocycles. The van der Waals surface area contributed by atoms with E-state index in [4.69, 9.17) is 4.74 Å². The van der Waals surface area contributed by atoms with Gasteiger partial charge in [0.15, 0.2) is 0 Å². The summed E-state index contributed by atoms with van der Waals surface area (Å²) in [6.45, 7) is 1.76. The first kappa shape index (κ1) is 4.79. The van der Waals surface area contributed by atoms with Gasteiger partial charge in [0, 0.05) is 12.6 Å². The number of ether oxygens (including phenoxy) is 1. The molecule has 1 aromatic rings. The van der Waals surface area contributed by atoms with E-state index in [-0.39, 0.29) is 0 Å². The van der Waals surface area contributed by atoms with Crippen LogP contribution in [0.1, 0.15) is 5.69 Å². The molecular formula is C7H6NO. The average Bonchev–Trinajstić information content (AvgIpc) is 2.33. The molecular weight excluding hydrogens is 114 g/mol. The molecule has 1 aromatic heterocycles. The van der Waals surface area contributed by atoms with Crippen molar-refractivity contribution in [3.05, 3.63) is 30.6 Å². The molecule has 9 heavy (non-hydrogen) atoms. The number of hydrogen-bond donors (Lipinski definition) is 0. The third kappa shape index (κ3) is 0.669. The standard InChI is InChI=1S/C7H6NO/c1-2-7-6(8-4-1)3-5-9-7/h1-2,4-5H,3H2. The van der Waals surface area contributed by atoms with E-state index in [1.165, 1.54) is 0 Å². The van der Waals surface area contributed by atoms with Crippen molar-refractivity contribution in [3.8, 4) is 5.75 Å². The van der Waals surface area contributed by atoms with Gasteiger partial charge in [0.25, 0.3) is 0 Å². The van der Waals surface area contributed by atoms with E-state index in [9.17, 15) is 0 Å². The third-order valence-electron chi connectivity index (χ3n) is 1.34. The molecule has 0 amide bonds. The highest BCUT2D eigenvalue weighted by atomic mass is 16.5. The van der Waals surface area contributed by atoms with Crippen LogP contribution in [0.2, 0.25) is 0 Å². The fourth-order valence-electron chi connectivity index (χ4n) is 0.894. The van der Waals surface area contributed by atoms with E-state index in [2.05, 4.69) is 4.98 Å². The number of rotatable bonds is 0. The van der Waals surface area contributed by atoms with Gasteiger partial charge < -0.3 is 4.74 Å². The van der Waals surface area contributed by atoms with Gasteiger partial charge in [-0.05, 0) is 12.1 Å². The minimum Gasteiger partial charge on any atom is -0.484 e. The van der Waals surface area contributed by atoms with Crippen molar-refractivity contribution in [2.45, 2.75) is 6.42 Å². The van der Waals surface area contributed by atoms with E-state index < -0.39 is 0 Å². The Morgan fingerprint density at radius 2 is 2.56 bits per heavy atom. The Balaban J connectivity index is 2.54. The molecule has 1 aliphatic rings. The summed E-state index contributed by atoms with van der Waals surface area (Å²) in [6.07, 6.45) is 2.62. The number of nitrogens with zero attached hydrogens (tertiary/aromatic N) is 1. The van der Waals surface area contributed by atoms with Gasteiger partial charge in [0.05, 0.1) is 5.69 Å². The lowest BCUT2D eigenvalue weighted by atomic mass is 10.3. The van der Waals surface area contributed by atoms with Crippen LogP contribution >= 0.6 is 0 Å². The van der Waals surface area contributed by atoms with Crippen molar-refractivity contribution in [1.29, 1.82) is 0 Å². The summed E-state index contributed by atoms with van der Waals surface area (Å²) >= 11 is 0. The van der Waals surface area contributed by atoms with E-state index in [0.29, 0.717) is 0 Å². The molecule has 0 aromatic carbocycles. The van der Waals surface area contributed by atoms with Crippen molar-refractivity contribution < 1.29 is 4.74 Å². The van der Waals surface area contributed by atoms with E-state index in [1.807, 2.05) is 12.1 Å². The lowest BCUT2D eigenvalue weighted by Crippen LogP contribution is -1.78. The molecule has 0 N–H and O–H groups in total. The van der Waals surface area contributed by atoms with Crippen LogP contribution in [-0.4, -0.2) is 4.98 Å². The van der Waals surface area contributed by atoms with Crippen LogP contribution in [-0.2, 0) is 6.42 Å². The topological polar surface area (TPSA) is 22.1 Å². The quantitative estimate of drug-likeness (QED) is 0.513. The van der Waals surface area contributed by atoms with Gasteiger partial charge in [0.2, 0.25) is 0 Å². The lowest BCUT2D eigenvalue weighted by molar-refractivity contribution is 0.435. The molecule has 1 aliphatic heterocycles. The Morgan fingerprint density at radius 1 is 1.56 bits per heavy atom. The lowest BCUT2D eigenvalue weighted by Gasteiger charge is -1.92. The third-order valence-corrected chi connectivity index (χ3v) is 1.34. The molecule has 2 nitrogen and oxygen atoms in total. The summed E-state index contributed by atoms with van der Waals surface area (Å²) < 4.78 is 5.11. The van der Waals surface area contributed by atoms with Gasteiger partial charge in [0.1, 0.15) is 12.4 Å². The zero-order chi connectivity index (χ0) is 6.10. The number of hydrogen-bond acceptors (Lipinski definition) is 2. The molecule has 0 saturated carbocycles. The second kappa shape index (κ2) is 1.72. The van der Waals surface area contributed by atoms with Gasteiger partial charge in [-0.2, -0.15) is 0 Å². The highest BCUT2D eigenvalue weighted by Gasteiger charge is 2.11. The van der Waals surface area contributed by atoms with Gasteiger partial charge in [-0.1, -0.05) is 0 Å². The van der Waals surface area contributed by atoms with Crippen LogP contribution in [0, 0.1) is 6.61 Å². The first-order chi connectivity index (χ1) is 4.47. The van der Waals surface area contributed by atoms with Crippen molar-refractivity contribution in [3.63, 3.8) is 0 Å². The first-order valence-electron chi connectivity index (χ1n) is 2.89. The molecule has 0 fully saturated rings. The predicted molar refractivity (Wildman–Crippen MR) is 32.9 cm³/mol. The van der Waals surface area contributed by atoms with Crippen molar-refractivity contribution in [1.82, 2.24) is 4.98 Å². The zero-order valence-corrected chi connectivity index (χ0v) is 4.87. The van der Waals surface area contributed by atoms with Gasteiger partial charge in [-0.15, -0.1) is 0 Å². The van der Waals surface area contributed by atoms with Gasteiger partial charge >= 0.3 is 0 Å². The molecule has 0 atom stereocenters. The van der Waals surface area contributed by atoms with Crippen LogP contribution in [0.5, 0.6) is 5.75 Å². The predicted octanol–water partition coefficient (Wildman–Crippen LogP) is 1.18. The van der Waals surface area contributed by atoms with E-state index >= 15 is 0 Å². The molecule has 1 radical (unpaired) electrons. The fraction of sp³-hybridized carbons (Fsp3) is 0.143. The second-order valence-corrected chi connectivity index (χ2v) is 1.94. The summed E-state index contributed by atoms with van der Waals surface area (Å²) in [6, 6.07) is 3.80. The van der Waals surface area contributed by atoms with E-state index in [1.54, 1.807) is 12.8 Å². The van der Waals surface area contributed by atoms with Crippen molar-refractivity contribution in [2.24, 2.45) is 0 Å². The highest BCUT2D eigenvalue weighted by molar-refractivity contribution is 5.31. The monoisotopic (exact) mass is 120 g/mol. The van der Waals surface area contributed by atoms with Gasteiger partial charge in [-0.3, -0.25) is 4.98 Å². The van der Waals surface area contributed by atoms with Crippen LogP contribution in [0.3, 0.4) is 0 Å². The maximum atomic E-state index is 5.11. The number of pyridine rings is 1. The zero-order valence-electron chi connectivity index (χ0n) is 4.87. The maximum absolute atomic E-state index is 5.11. The van der Waals surface area contributed by atoms with Gasteiger partial charge in [-0.25, -0.2) is 0 Å². The number of aromatic nitrogens is 1. The minimum atomic E-state index is 0.843. The summed E-state index contributed by atoms with van der Waals surface area (Å²) in [5.74, 6) is 0.900. The van der Waals surface area contributed by atoms with Crippen LogP contribution in [0.25, 0.3) is 0 Å². The first-order valence-corrected chi connectivity index (χ1v) is 2.89.